The molecule has 2 bridgehead atoms. The Labute approximate surface area is 194 Å². The number of carbonyl (C=O) groups is 2. The van der Waals surface area contributed by atoms with Crippen LogP contribution in [-0.4, -0.2) is 70.2 Å². The molecule has 5 atom stereocenters. The van der Waals surface area contributed by atoms with Crippen LogP contribution < -0.4 is 9.47 Å². The lowest BCUT2D eigenvalue weighted by Gasteiger charge is -2.41. The molecule has 2 amide bonds. The number of ether oxygens (including phenoxy) is 2. The summed E-state index contributed by atoms with van der Waals surface area (Å²) in [6, 6.07) is 7.32. The van der Waals surface area contributed by atoms with Gasteiger partial charge in [-0.3, -0.25) is 9.59 Å². The highest BCUT2D eigenvalue weighted by Gasteiger charge is 2.81. The van der Waals surface area contributed by atoms with Gasteiger partial charge >= 0.3 is 0 Å². The summed E-state index contributed by atoms with van der Waals surface area (Å²) in [6.45, 7) is 5.07. The van der Waals surface area contributed by atoms with Crippen LogP contribution in [0.5, 0.6) is 11.5 Å². The number of piperazine rings is 1. The summed E-state index contributed by atoms with van der Waals surface area (Å²) < 4.78 is 11.0. The molecule has 0 aliphatic carbocycles. The van der Waals surface area contributed by atoms with Gasteiger partial charge in [-0.05, 0) is 69.8 Å². The maximum atomic E-state index is 13.9. The Bertz CT molecular complexity index is 1100. The lowest BCUT2D eigenvalue weighted by molar-refractivity contribution is -0.160. The molecule has 4 aliphatic heterocycles. The molecule has 32 heavy (non-hydrogen) atoms. The second-order valence-corrected chi connectivity index (χ2v) is 12.6. The van der Waals surface area contributed by atoms with Crippen LogP contribution in [0.4, 0.5) is 0 Å². The Balaban J connectivity index is 1.59. The van der Waals surface area contributed by atoms with Gasteiger partial charge in [-0.2, -0.15) is 5.26 Å². The highest BCUT2D eigenvalue weighted by atomic mass is 32.8. The summed E-state index contributed by atoms with van der Waals surface area (Å²) in [5, 5.41) is 10.2. The molecule has 4 aliphatic rings. The molecule has 0 N–H and O–H groups in total. The molecular weight excluding hydrogens is 448 g/mol. The number of hydrogen-bond donors (Lipinski definition) is 0. The number of benzene rings is 1. The first-order valence-corrected chi connectivity index (χ1v) is 12.8. The van der Waals surface area contributed by atoms with Crippen molar-refractivity contribution in [3.05, 3.63) is 23.8 Å². The van der Waals surface area contributed by atoms with E-state index in [0.29, 0.717) is 18.0 Å². The normalized spacial score (nSPS) is 36.9. The standard InChI is InChI=1S/C22H26N4O4S2/c1-20(12-23)11-22-19(28)25(9-5-8-24(3)4)21(2,32(22)31)18(27)26(22)17(20)14-6-7-15-16(10-14)30-13-29-15/h6-7,10,17H,5,8-9,11,13H2,1-4H3/t17?,20-,21?,22?,32?/m1/s1. The molecule has 3 fully saturated rings. The molecule has 8 nitrogen and oxygen atoms in total. The van der Waals surface area contributed by atoms with Crippen molar-refractivity contribution in [1.29, 1.82) is 5.26 Å². The van der Waals surface area contributed by atoms with E-state index in [1.54, 1.807) is 15.9 Å². The Morgan fingerprint density at radius 1 is 1.25 bits per heavy atom. The number of nitriles is 1. The quantitative estimate of drug-likeness (QED) is 0.640. The Morgan fingerprint density at radius 3 is 2.66 bits per heavy atom. The first-order valence-electron chi connectivity index (χ1n) is 10.6. The van der Waals surface area contributed by atoms with Crippen molar-refractivity contribution in [2.45, 2.75) is 42.5 Å². The zero-order valence-corrected chi connectivity index (χ0v) is 20.2. The van der Waals surface area contributed by atoms with Crippen LogP contribution in [0.15, 0.2) is 18.2 Å². The highest BCUT2D eigenvalue weighted by molar-refractivity contribution is 8.31. The first kappa shape index (κ1) is 21.6. The third-order valence-electron chi connectivity index (χ3n) is 7.19. The molecule has 1 spiro atoms. The molecule has 0 aromatic heterocycles. The summed E-state index contributed by atoms with van der Waals surface area (Å²) >= 11 is 5.96. The minimum atomic E-state index is -1.15. The van der Waals surface area contributed by atoms with Crippen LogP contribution in [0.2, 0.25) is 0 Å². The van der Waals surface area contributed by atoms with Crippen LogP contribution in [0.1, 0.15) is 38.3 Å². The second-order valence-electron chi connectivity index (χ2n) is 9.55. The Morgan fingerprint density at radius 2 is 1.97 bits per heavy atom. The Kier molecular flexibility index (Phi) is 4.65. The Hall–Kier alpha value is -2.22. The largest absolute Gasteiger partial charge is 0.454 e. The lowest BCUT2D eigenvalue weighted by Crippen LogP contribution is -2.62. The van der Waals surface area contributed by atoms with Crippen molar-refractivity contribution < 1.29 is 19.1 Å². The number of amides is 2. The van der Waals surface area contributed by atoms with E-state index in [9.17, 15) is 14.9 Å². The monoisotopic (exact) mass is 474 g/mol. The second kappa shape index (κ2) is 6.89. The SMILES string of the molecule is CN(C)CCCN1C(=O)C23C[C@](C)(C#N)C(c4ccc5c(c4)OCO5)N2C(=O)C1(C)S3=S. The van der Waals surface area contributed by atoms with Crippen LogP contribution in [0.3, 0.4) is 0 Å². The van der Waals surface area contributed by atoms with E-state index in [2.05, 4.69) is 11.0 Å². The van der Waals surface area contributed by atoms with E-state index in [1.807, 2.05) is 40.1 Å². The number of nitrogens with zero attached hydrogens (tertiary/aromatic N) is 4. The highest BCUT2D eigenvalue weighted by Crippen LogP contribution is 2.65. The summed E-state index contributed by atoms with van der Waals surface area (Å²) in [5.74, 6) is 0.955. The smallest absolute Gasteiger partial charge is 0.261 e. The van der Waals surface area contributed by atoms with Gasteiger partial charge in [0, 0.05) is 13.0 Å². The van der Waals surface area contributed by atoms with Gasteiger partial charge in [0.1, 0.15) is 0 Å². The number of fused-ring (bicyclic) bond motifs is 2. The fourth-order valence-corrected chi connectivity index (χ4v) is 9.15. The summed E-state index contributed by atoms with van der Waals surface area (Å²) in [7, 11) is 2.99. The zero-order chi connectivity index (χ0) is 23.1. The van der Waals surface area contributed by atoms with Gasteiger partial charge in [-0.25, -0.2) is 0 Å². The molecule has 10 heteroatoms. The van der Waals surface area contributed by atoms with Crippen LogP contribution in [0.25, 0.3) is 0 Å². The minimum absolute atomic E-state index is 0.110. The van der Waals surface area contributed by atoms with E-state index < -0.39 is 30.7 Å². The topological polar surface area (TPSA) is 86.1 Å². The van der Waals surface area contributed by atoms with E-state index in [-0.39, 0.29) is 25.0 Å². The number of carbonyl (C=O) groups excluding carboxylic acids is 2. The minimum Gasteiger partial charge on any atom is -0.454 e. The summed E-state index contributed by atoms with van der Waals surface area (Å²) in [5.41, 5.74) is -0.192. The summed E-state index contributed by atoms with van der Waals surface area (Å²) in [4.78, 5) is 31.0. The van der Waals surface area contributed by atoms with Gasteiger partial charge in [-0.15, -0.1) is 0 Å². The summed E-state index contributed by atoms with van der Waals surface area (Å²) in [6.07, 6.45) is 0.998. The van der Waals surface area contributed by atoms with Crippen LogP contribution in [0, 0.1) is 16.7 Å². The van der Waals surface area contributed by atoms with Crippen molar-refractivity contribution in [3.8, 4) is 17.6 Å². The van der Waals surface area contributed by atoms with Gasteiger partial charge in [0.15, 0.2) is 21.2 Å². The van der Waals surface area contributed by atoms with Crippen molar-refractivity contribution >= 4 is 32.5 Å². The van der Waals surface area contributed by atoms with Crippen LogP contribution >= 0.6 is 0 Å². The maximum absolute atomic E-state index is 13.9. The van der Waals surface area contributed by atoms with Crippen molar-refractivity contribution in [1.82, 2.24) is 14.7 Å². The molecule has 1 aromatic carbocycles. The molecule has 4 heterocycles. The zero-order valence-electron chi connectivity index (χ0n) is 18.6. The van der Waals surface area contributed by atoms with Gasteiger partial charge in [0.25, 0.3) is 11.8 Å². The van der Waals surface area contributed by atoms with Gasteiger partial charge in [-0.1, -0.05) is 15.5 Å². The van der Waals surface area contributed by atoms with Gasteiger partial charge in [0.05, 0.1) is 17.5 Å². The lowest BCUT2D eigenvalue weighted by atomic mass is 9.79. The van der Waals surface area contributed by atoms with Crippen molar-refractivity contribution in [2.24, 2.45) is 5.41 Å². The van der Waals surface area contributed by atoms with Crippen molar-refractivity contribution in [2.75, 3.05) is 34.0 Å². The van der Waals surface area contributed by atoms with E-state index in [0.717, 1.165) is 18.5 Å². The number of rotatable bonds is 5. The van der Waals surface area contributed by atoms with Gasteiger partial charge in [0.2, 0.25) is 6.79 Å². The molecule has 0 radical (unpaired) electrons. The predicted molar refractivity (Wildman–Crippen MR) is 121 cm³/mol. The molecule has 1 aromatic rings. The van der Waals surface area contributed by atoms with Crippen molar-refractivity contribution in [3.63, 3.8) is 0 Å². The van der Waals surface area contributed by atoms with Gasteiger partial charge < -0.3 is 24.2 Å². The average molecular weight is 475 g/mol. The molecule has 0 saturated carbocycles. The van der Waals surface area contributed by atoms with E-state index >= 15 is 0 Å². The molecule has 3 saturated heterocycles. The molecular formula is C22H26N4O4S2. The molecule has 170 valence electrons. The van der Waals surface area contributed by atoms with Crippen LogP contribution in [-0.2, 0) is 30.2 Å². The van der Waals surface area contributed by atoms with E-state index in [1.165, 1.54) is 0 Å². The fraction of sp³-hybridized carbons (Fsp3) is 0.591. The third kappa shape index (κ3) is 2.47. The predicted octanol–water partition coefficient (Wildman–Crippen LogP) is 1.52. The first-order chi connectivity index (χ1) is 15.1. The number of hydrogen-bond acceptors (Lipinski definition) is 7. The van der Waals surface area contributed by atoms with E-state index in [4.69, 9.17) is 20.7 Å². The molecule has 5 rings (SSSR count). The fourth-order valence-electron chi connectivity index (χ4n) is 5.68. The average Bonchev–Trinajstić information content (AvgIpc) is 3.41. The molecule has 4 unspecified atom stereocenters. The maximum Gasteiger partial charge on any atom is 0.261 e. The third-order valence-corrected chi connectivity index (χ3v) is 11.2.